The zero-order chi connectivity index (χ0) is 8.43. The minimum atomic E-state index is -0.971. The van der Waals surface area contributed by atoms with Gasteiger partial charge in [0.1, 0.15) is 6.04 Å². The molecule has 0 bridgehead atoms. The number of ether oxygens (including phenoxy) is 1. The van der Waals surface area contributed by atoms with Gasteiger partial charge in [0.15, 0.2) is 0 Å². The second kappa shape index (κ2) is 2.77. The van der Waals surface area contributed by atoms with Crippen molar-refractivity contribution in [1.29, 1.82) is 0 Å². The first-order valence-corrected chi connectivity index (χ1v) is 3.24. The van der Waals surface area contributed by atoms with Crippen LogP contribution in [-0.2, 0) is 9.53 Å². The fraction of sp³-hybridized carbons (Fsp3) is 0.667. The Morgan fingerprint density at radius 3 is 2.55 bits per heavy atom. The molecule has 11 heavy (non-hydrogen) atoms. The van der Waals surface area contributed by atoms with Crippen LogP contribution in [0.4, 0.5) is 4.79 Å². The lowest BCUT2D eigenvalue weighted by molar-refractivity contribution is -0.146. The number of carboxylic acid groups (broad SMARTS) is 1. The summed E-state index contributed by atoms with van der Waals surface area (Å²) in [4.78, 5) is 22.3. The smallest absolute Gasteiger partial charge is 0.410 e. The van der Waals surface area contributed by atoms with Crippen LogP contribution in [0.3, 0.4) is 0 Å². The highest BCUT2D eigenvalue weighted by molar-refractivity contribution is 5.81. The van der Waals surface area contributed by atoms with Crippen molar-refractivity contribution in [3.63, 3.8) is 0 Å². The van der Waals surface area contributed by atoms with E-state index in [0.29, 0.717) is 13.0 Å². The second-order valence-electron chi connectivity index (χ2n) is 2.31. The molecule has 0 aromatic rings. The molecule has 0 aliphatic carbocycles. The number of carbonyl (C=O) groups is 2. The number of rotatable bonds is 1. The Bertz CT molecular complexity index is 191. The molecule has 1 fully saturated rings. The van der Waals surface area contributed by atoms with Crippen molar-refractivity contribution >= 4 is 12.1 Å². The first-order chi connectivity index (χ1) is 5.16. The van der Waals surface area contributed by atoms with Crippen LogP contribution in [0.1, 0.15) is 6.42 Å². The van der Waals surface area contributed by atoms with Crippen LogP contribution in [0.25, 0.3) is 0 Å². The summed E-state index contributed by atoms with van der Waals surface area (Å²) < 4.78 is 4.36. The number of nitrogens with zero attached hydrogens (tertiary/aromatic N) is 1. The first-order valence-electron chi connectivity index (χ1n) is 3.24. The average Bonchev–Trinajstić information content (AvgIpc) is 1.83. The van der Waals surface area contributed by atoms with Crippen LogP contribution >= 0.6 is 0 Å². The van der Waals surface area contributed by atoms with Crippen molar-refractivity contribution in [2.75, 3.05) is 13.7 Å². The highest BCUT2D eigenvalue weighted by Gasteiger charge is 2.38. The van der Waals surface area contributed by atoms with Gasteiger partial charge in [-0.05, 0) is 6.42 Å². The van der Waals surface area contributed by atoms with E-state index in [1.165, 1.54) is 12.0 Å². The van der Waals surface area contributed by atoms with Crippen LogP contribution < -0.4 is 0 Å². The minimum Gasteiger partial charge on any atom is -0.480 e. The summed E-state index contributed by atoms with van der Waals surface area (Å²) in [5.74, 6) is -0.971. The van der Waals surface area contributed by atoms with Gasteiger partial charge in [-0.3, -0.25) is 4.90 Å². The zero-order valence-electron chi connectivity index (χ0n) is 6.11. The van der Waals surface area contributed by atoms with Gasteiger partial charge in [0.25, 0.3) is 0 Å². The Morgan fingerprint density at radius 2 is 2.27 bits per heavy atom. The lowest BCUT2D eigenvalue weighted by atomic mass is 10.1. The summed E-state index contributed by atoms with van der Waals surface area (Å²) >= 11 is 0. The van der Waals surface area contributed by atoms with Gasteiger partial charge in [-0.25, -0.2) is 9.59 Å². The van der Waals surface area contributed by atoms with E-state index in [4.69, 9.17) is 5.11 Å². The number of hydrogen-bond acceptors (Lipinski definition) is 3. The lowest BCUT2D eigenvalue weighted by Crippen LogP contribution is -2.55. The molecule has 1 atom stereocenters. The highest BCUT2D eigenvalue weighted by Crippen LogP contribution is 2.17. The van der Waals surface area contributed by atoms with E-state index in [0.717, 1.165) is 0 Å². The maximum Gasteiger partial charge on any atom is 0.410 e. The van der Waals surface area contributed by atoms with Gasteiger partial charge >= 0.3 is 12.1 Å². The van der Waals surface area contributed by atoms with E-state index < -0.39 is 18.1 Å². The number of amides is 1. The van der Waals surface area contributed by atoms with Crippen LogP contribution in [0, 0.1) is 0 Å². The van der Waals surface area contributed by atoms with Gasteiger partial charge in [-0.15, -0.1) is 0 Å². The maximum absolute atomic E-state index is 10.7. The van der Waals surface area contributed by atoms with Crippen LogP contribution in [0.2, 0.25) is 0 Å². The third-order valence-corrected chi connectivity index (χ3v) is 1.71. The summed E-state index contributed by atoms with van der Waals surface area (Å²) in [6.45, 7) is 0.476. The molecular formula is C6H9NO4. The van der Waals surface area contributed by atoms with E-state index in [9.17, 15) is 9.59 Å². The van der Waals surface area contributed by atoms with Gasteiger partial charge in [-0.2, -0.15) is 0 Å². The van der Waals surface area contributed by atoms with Gasteiger partial charge in [0.05, 0.1) is 7.11 Å². The number of carboxylic acids is 1. The molecule has 1 N–H and O–H groups in total. The molecule has 0 radical (unpaired) electrons. The molecule has 62 valence electrons. The molecule has 5 nitrogen and oxygen atoms in total. The summed E-state index contributed by atoms with van der Waals surface area (Å²) in [5, 5.41) is 8.50. The van der Waals surface area contributed by atoms with Gasteiger partial charge in [0.2, 0.25) is 0 Å². The molecule has 1 aliphatic rings. The molecule has 0 spiro atoms. The second-order valence-corrected chi connectivity index (χ2v) is 2.31. The fourth-order valence-electron chi connectivity index (χ4n) is 0.980. The molecule has 1 amide bonds. The molecule has 0 aromatic heterocycles. The fourth-order valence-corrected chi connectivity index (χ4v) is 0.980. The summed E-state index contributed by atoms with van der Waals surface area (Å²) in [6.07, 6.45) is -0.0478. The Kier molecular flexibility index (Phi) is 1.98. The number of methoxy groups -OCH3 is 1. The van der Waals surface area contributed by atoms with E-state index in [2.05, 4.69) is 4.74 Å². The van der Waals surface area contributed by atoms with E-state index in [1.54, 1.807) is 0 Å². The third kappa shape index (κ3) is 1.26. The molecule has 1 saturated heterocycles. The standard InChI is InChI=1S/C6H9NO4/c1-11-6(10)7-3-2-4(7)5(8)9/h4H,2-3H2,1H3,(H,8,9). The van der Waals surface area contributed by atoms with Crippen molar-refractivity contribution < 1.29 is 19.4 Å². The van der Waals surface area contributed by atoms with Crippen molar-refractivity contribution in [2.24, 2.45) is 0 Å². The molecular weight excluding hydrogens is 150 g/mol. The van der Waals surface area contributed by atoms with Crippen molar-refractivity contribution in [1.82, 2.24) is 4.90 Å². The summed E-state index contributed by atoms with van der Waals surface area (Å²) in [5.41, 5.74) is 0. The predicted octanol–water partition coefficient (Wildman–Crippen LogP) is -0.0883. The van der Waals surface area contributed by atoms with Crippen molar-refractivity contribution in [3.05, 3.63) is 0 Å². The maximum atomic E-state index is 10.7. The number of carbonyl (C=O) groups excluding carboxylic acids is 1. The predicted molar refractivity (Wildman–Crippen MR) is 35.2 cm³/mol. The van der Waals surface area contributed by atoms with Gasteiger partial charge in [-0.1, -0.05) is 0 Å². The molecule has 0 aromatic carbocycles. The lowest BCUT2D eigenvalue weighted by Gasteiger charge is -2.36. The monoisotopic (exact) mass is 159 g/mol. The molecule has 5 heteroatoms. The van der Waals surface area contributed by atoms with E-state index in [-0.39, 0.29) is 0 Å². The Balaban J connectivity index is 2.49. The van der Waals surface area contributed by atoms with Crippen molar-refractivity contribution in [2.45, 2.75) is 12.5 Å². The normalized spacial score (nSPS) is 22.3. The zero-order valence-corrected chi connectivity index (χ0v) is 6.11. The minimum absolute atomic E-state index is 0.476. The van der Waals surface area contributed by atoms with Gasteiger partial charge < -0.3 is 9.84 Å². The Labute approximate surface area is 63.5 Å². The molecule has 1 unspecified atom stereocenters. The largest absolute Gasteiger partial charge is 0.480 e. The van der Waals surface area contributed by atoms with Crippen molar-refractivity contribution in [3.8, 4) is 0 Å². The van der Waals surface area contributed by atoms with Crippen LogP contribution in [0.15, 0.2) is 0 Å². The summed E-state index contributed by atoms with van der Waals surface area (Å²) in [6, 6.07) is -0.678. The molecule has 1 heterocycles. The van der Waals surface area contributed by atoms with Crippen LogP contribution in [-0.4, -0.2) is 41.8 Å². The molecule has 0 saturated carbocycles. The van der Waals surface area contributed by atoms with Gasteiger partial charge in [0, 0.05) is 6.54 Å². The van der Waals surface area contributed by atoms with Crippen LogP contribution in [0.5, 0.6) is 0 Å². The SMILES string of the molecule is COC(=O)N1CCC1C(=O)O. The number of likely N-dealkylation sites (tertiary alicyclic amines) is 1. The quantitative estimate of drug-likeness (QED) is 0.580. The average molecular weight is 159 g/mol. The van der Waals surface area contributed by atoms with E-state index >= 15 is 0 Å². The highest BCUT2D eigenvalue weighted by atomic mass is 16.5. The number of hydrogen-bond donors (Lipinski definition) is 1. The van der Waals surface area contributed by atoms with E-state index in [1.807, 2.05) is 0 Å². The first kappa shape index (κ1) is 7.84. The topological polar surface area (TPSA) is 66.8 Å². The molecule has 1 aliphatic heterocycles. The number of aliphatic carboxylic acids is 1. The summed E-state index contributed by atoms with van der Waals surface area (Å²) in [7, 11) is 1.24. The molecule has 1 rings (SSSR count). The Hall–Kier alpha value is -1.26. The third-order valence-electron chi connectivity index (χ3n) is 1.71. The Morgan fingerprint density at radius 1 is 1.64 bits per heavy atom.